The Morgan fingerprint density at radius 1 is 1.40 bits per heavy atom. The molecule has 0 aliphatic heterocycles. The number of carbonyl (C=O) groups is 2. The van der Waals surface area contributed by atoms with Gasteiger partial charge in [0.2, 0.25) is 0 Å². The van der Waals surface area contributed by atoms with Gasteiger partial charge < -0.3 is 9.84 Å². The van der Waals surface area contributed by atoms with Gasteiger partial charge in [0.05, 0.1) is 0 Å². The minimum absolute atomic E-state index is 0. The van der Waals surface area contributed by atoms with Gasteiger partial charge in [-0.3, -0.25) is 4.79 Å². The van der Waals surface area contributed by atoms with Crippen LogP contribution in [0.1, 0.15) is 0 Å². The molecule has 0 heterocycles. The third-order valence-corrected chi connectivity index (χ3v) is 0.684. The van der Waals surface area contributed by atoms with E-state index in [2.05, 4.69) is 4.74 Å². The van der Waals surface area contributed by atoms with E-state index in [1.807, 2.05) is 0 Å². The van der Waals surface area contributed by atoms with Crippen molar-refractivity contribution in [2.45, 2.75) is 0 Å². The summed E-state index contributed by atoms with van der Waals surface area (Å²) in [4.78, 5) is 20.1. The Morgan fingerprint density at radius 3 is 2.20 bits per heavy atom. The summed E-state index contributed by atoms with van der Waals surface area (Å²) in [5.74, 6) is -2.22. The number of alkyl halides is 1. The molecule has 0 aromatic heterocycles. The molecule has 6 heteroatoms. The van der Waals surface area contributed by atoms with E-state index in [9.17, 15) is 9.59 Å². The van der Waals surface area contributed by atoms with Crippen LogP contribution in [0.5, 0.6) is 0 Å². The van der Waals surface area contributed by atoms with Crippen LogP contribution < -0.4 is 0 Å². The molecule has 0 aliphatic rings. The third kappa shape index (κ3) is 6.51. The summed E-state index contributed by atoms with van der Waals surface area (Å²) in [7, 11) is 0. The molecule has 0 saturated heterocycles. The first-order chi connectivity index (χ1) is 4.20. The molecule has 0 bridgehead atoms. The predicted octanol–water partition coefficient (Wildman–Crippen LogP) is -1.36. The van der Waals surface area contributed by atoms with Crippen LogP contribution in [0.15, 0.2) is 0 Å². The molecule has 0 amide bonds. The quantitative estimate of drug-likeness (QED) is 0.244. The van der Waals surface area contributed by atoms with Crippen LogP contribution >= 0.6 is 11.6 Å². The molecule has 54 valence electrons. The molecule has 4 nitrogen and oxygen atoms in total. The summed E-state index contributed by atoms with van der Waals surface area (Å²) in [5, 5.41) is 8.01. The van der Waals surface area contributed by atoms with E-state index in [1.54, 1.807) is 0 Å². The Bertz CT molecular complexity index is 112. The van der Waals surface area contributed by atoms with Gasteiger partial charge in [0.25, 0.3) is 0 Å². The van der Waals surface area contributed by atoms with Crippen molar-refractivity contribution in [1.82, 2.24) is 0 Å². The van der Waals surface area contributed by atoms with Crippen LogP contribution in [0.3, 0.4) is 0 Å². The first kappa shape index (κ1) is 13.0. The van der Waals surface area contributed by atoms with Crippen molar-refractivity contribution in [3.8, 4) is 0 Å². The zero-order valence-electron chi connectivity index (χ0n) is 4.46. The van der Waals surface area contributed by atoms with Crippen molar-refractivity contribution < 1.29 is 19.4 Å². The molecule has 0 rings (SSSR count). The van der Waals surface area contributed by atoms with Gasteiger partial charge in [0.1, 0.15) is 12.5 Å². The second-order valence-corrected chi connectivity index (χ2v) is 1.41. The SMILES string of the molecule is O=C(CO)OC(=O)CCl.[NaH]. The summed E-state index contributed by atoms with van der Waals surface area (Å²) in [6.45, 7) is -0.803. The van der Waals surface area contributed by atoms with Crippen LogP contribution in [-0.2, 0) is 14.3 Å². The van der Waals surface area contributed by atoms with Crippen molar-refractivity contribution in [2.75, 3.05) is 12.5 Å². The average molecular weight is 177 g/mol. The number of hydrogen-bond acceptors (Lipinski definition) is 4. The standard InChI is InChI=1S/C4H5ClO4.Na.H/c5-1-3(7)9-4(8)2-6;;/h6H,1-2H2;;. The first-order valence-corrected chi connectivity index (χ1v) is 2.64. The summed E-state index contributed by atoms with van der Waals surface area (Å²) in [6, 6.07) is 0. The third-order valence-electron chi connectivity index (χ3n) is 0.466. The molecule has 0 atom stereocenters. The number of hydrogen-bond donors (Lipinski definition) is 1. The van der Waals surface area contributed by atoms with Gasteiger partial charge in [0, 0.05) is 0 Å². The monoisotopic (exact) mass is 176 g/mol. The van der Waals surface area contributed by atoms with Gasteiger partial charge in [-0.25, -0.2) is 4.79 Å². The Hall–Kier alpha value is 0.390. The van der Waals surface area contributed by atoms with Gasteiger partial charge in [-0.05, 0) is 0 Å². The maximum absolute atomic E-state index is 10.1. The van der Waals surface area contributed by atoms with Gasteiger partial charge in [-0.2, -0.15) is 0 Å². The zero-order valence-corrected chi connectivity index (χ0v) is 5.22. The fourth-order valence-electron chi connectivity index (χ4n) is 0.187. The molecule has 0 saturated carbocycles. The fourth-order valence-corrected chi connectivity index (χ4v) is 0.241. The number of halogens is 1. The minimum atomic E-state index is -0.986. The Kier molecular flexibility index (Phi) is 9.76. The van der Waals surface area contributed by atoms with Crippen molar-refractivity contribution in [1.29, 1.82) is 0 Å². The first-order valence-electron chi connectivity index (χ1n) is 2.11. The summed E-state index contributed by atoms with van der Waals surface area (Å²) in [6.07, 6.45) is 0. The number of carbonyl (C=O) groups excluding carboxylic acids is 2. The van der Waals surface area contributed by atoms with Gasteiger partial charge >= 0.3 is 41.5 Å². The molecule has 0 spiro atoms. The Labute approximate surface area is 84.8 Å². The van der Waals surface area contributed by atoms with E-state index < -0.39 is 18.5 Å². The Morgan fingerprint density at radius 2 is 1.90 bits per heavy atom. The van der Waals surface area contributed by atoms with Crippen molar-refractivity contribution >= 4 is 53.1 Å². The van der Waals surface area contributed by atoms with E-state index in [0.717, 1.165) is 0 Å². The molecule has 0 radical (unpaired) electrons. The van der Waals surface area contributed by atoms with E-state index in [1.165, 1.54) is 0 Å². The fraction of sp³-hybridized carbons (Fsp3) is 0.500. The molecule has 0 fully saturated rings. The number of rotatable bonds is 2. The van der Waals surface area contributed by atoms with E-state index >= 15 is 0 Å². The molecule has 0 unspecified atom stereocenters. The van der Waals surface area contributed by atoms with E-state index in [0.29, 0.717) is 0 Å². The molecular formula is C4H6ClNaO4. The van der Waals surface area contributed by atoms with Gasteiger partial charge in [-0.15, -0.1) is 11.6 Å². The molecule has 0 aromatic rings. The van der Waals surface area contributed by atoms with Gasteiger partial charge in [0.15, 0.2) is 0 Å². The van der Waals surface area contributed by atoms with Crippen LogP contribution in [0.4, 0.5) is 0 Å². The number of ether oxygens (including phenoxy) is 1. The zero-order chi connectivity index (χ0) is 7.28. The van der Waals surface area contributed by atoms with E-state index in [4.69, 9.17) is 16.7 Å². The second-order valence-electron chi connectivity index (χ2n) is 1.14. The predicted molar refractivity (Wildman–Crippen MR) is 36.1 cm³/mol. The summed E-state index contributed by atoms with van der Waals surface area (Å²) in [5.41, 5.74) is 0. The molecule has 0 aliphatic carbocycles. The molecular weight excluding hydrogens is 170 g/mol. The van der Waals surface area contributed by atoms with Crippen molar-refractivity contribution in [3.63, 3.8) is 0 Å². The molecule has 10 heavy (non-hydrogen) atoms. The van der Waals surface area contributed by atoms with Crippen LogP contribution in [-0.4, -0.2) is 59.1 Å². The van der Waals surface area contributed by atoms with Gasteiger partial charge in [-0.1, -0.05) is 0 Å². The number of esters is 2. The van der Waals surface area contributed by atoms with Crippen LogP contribution in [0.2, 0.25) is 0 Å². The second kappa shape index (κ2) is 7.50. The number of aliphatic hydroxyl groups is 1. The van der Waals surface area contributed by atoms with Crippen molar-refractivity contribution in [2.24, 2.45) is 0 Å². The number of aliphatic hydroxyl groups excluding tert-OH is 1. The summed E-state index contributed by atoms with van der Waals surface area (Å²) < 4.78 is 3.89. The Balaban J connectivity index is 0. The normalized spacial score (nSPS) is 7.80. The van der Waals surface area contributed by atoms with E-state index in [-0.39, 0.29) is 35.4 Å². The van der Waals surface area contributed by atoms with Crippen LogP contribution in [0.25, 0.3) is 0 Å². The van der Waals surface area contributed by atoms with Crippen LogP contribution in [0, 0.1) is 0 Å². The average Bonchev–Trinajstić information content (AvgIpc) is 1.87. The molecule has 0 aromatic carbocycles. The summed E-state index contributed by atoms with van der Waals surface area (Å²) >= 11 is 4.94. The van der Waals surface area contributed by atoms with Crippen molar-refractivity contribution in [3.05, 3.63) is 0 Å². The topological polar surface area (TPSA) is 63.6 Å². The maximum atomic E-state index is 10.1. The molecule has 1 N–H and O–H groups in total.